The molecule has 1 heterocycles. The zero-order chi connectivity index (χ0) is 18.0. The van der Waals surface area contributed by atoms with Gasteiger partial charge in [0.15, 0.2) is 0 Å². The number of aryl methyl sites for hydroxylation is 2. The normalized spacial score (nSPS) is 10.5. The van der Waals surface area contributed by atoms with Gasteiger partial charge >= 0.3 is 5.97 Å². The van der Waals surface area contributed by atoms with E-state index in [1.165, 1.54) is 24.3 Å². The van der Waals surface area contributed by atoms with Gasteiger partial charge in [0.1, 0.15) is 5.75 Å². The molecule has 126 valence electrons. The van der Waals surface area contributed by atoms with Crippen LogP contribution in [0.3, 0.4) is 0 Å². The van der Waals surface area contributed by atoms with Crippen molar-refractivity contribution >= 4 is 11.7 Å². The van der Waals surface area contributed by atoms with E-state index < -0.39 is 10.9 Å². The van der Waals surface area contributed by atoms with E-state index in [9.17, 15) is 14.9 Å². The Bertz CT molecular complexity index is 923. The van der Waals surface area contributed by atoms with Crippen LogP contribution < -0.4 is 4.74 Å². The number of nitrogens with zero attached hydrogens (tertiary/aromatic N) is 2. The van der Waals surface area contributed by atoms with Crippen LogP contribution in [0.1, 0.15) is 21.7 Å². The molecule has 3 rings (SSSR count). The lowest BCUT2D eigenvalue weighted by atomic mass is 10.2. The zero-order valence-corrected chi connectivity index (χ0v) is 13.8. The third-order valence-electron chi connectivity index (χ3n) is 3.87. The number of carbonyl (C=O) groups excluding carboxylic acids is 1. The number of hydrogen-bond donors (Lipinski definition) is 0. The molecule has 1 aromatic heterocycles. The molecular formula is C19H16N2O4. The zero-order valence-electron chi connectivity index (χ0n) is 13.8. The van der Waals surface area contributed by atoms with Crippen molar-refractivity contribution in [3.05, 3.63) is 87.7 Å². The lowest BCUT2D eigenvalue weighted by molar-refractivity contribution is -0.384. The second-order valence-electron chi connectivity index (χ2n) is 5.64. The molecule has 0 N–H and O–H groups in total. The SMILES string of the molecule is Cc1ccc(C)n1-c1ccc(OC(=O)c2cccc([N+](=O)[O-])c2)cc1. The summed E-state index contributed by atoms with van der Waals surface area (Å²) in [7, 11) is 0. The van der Waals surface area contributed by atoms with Gasteiger partial charge in [-0.3, -0.25) is 10.1 Å². The standard InChI is InChI=1S/C19H16N2O4/c1-13-6-7-14(2)20(13)16-8-10-18(11-9-16)25-19(22)15-4-3-5-17(12-15)21(23)24/h3-12H,1-2H3. The Labute approximate surface area is 144 Å². The summed E-state index contributed by atoms with van der Waals surface area (Å²) >= 11 is 0. The van der Waals surface area contributed by atoms with Gasteiger partial charge in [0.05, 0.1) is 10.5 Å². The summed E-state index contributed by atoms with van der Waals surface area (Å²) in [6.07, 6.45) is 0. The first kappa shape index (κ1) is 16.4. The maximum Gasteiger partial charge on any atom is 0.343 e. The fourth-order valence-corrected chi connectivity index (χ4v) is 2.65. The van der Waals surface area contributed by atoms with Crippen LogP contribution in [0.5, 0.6) is 5.75 Å². The van der Waals surface area contributed by atoms with Gasteiger partial charge in [0, 0.05) is 29.2 Å². The quantitative estimate of drug-likeness (QED) is 0.309. The summed E-state index contributed by atoms with van der Waals surface area (Å²) < 4.78 is 7.39. The molecule has 25 heavy (non-hydrogen) atoms. The molecule has 0 amide bonds. The van der Waals surface area contributed by atoms with Crippen LogP contribution in [0.2, 0.25) is 0 Å². The first-order valence-corrected chi connectivity index (χ1v) is 7.68. The summed E-state index contributed by atoms with van der Waals surface area (Å²) in [5.74, 6) is -0.257. The Hall–Kier alpha value is -3.41. The Morgan fingerprint density at radius 2 is 1.64 bits per heavy atom. The second kappa shape index (κ2) is 6.60. The summed E-state index contributed by atoms with van der Waals surface area (Å²) in [5, 5.41) is 10.8. The maximum absolute atomic E-state index is 12.2. The molecule has 0 aliphatic carbocycles. The Morgan fingerprint density at radius 3 is 2.24 bits per heavy atom. The van der Waals surface area contributed by atoms with E-state index in [4.69, 9.17) is 4.74 Å². The largest absolute Gasteiger partial charge is 0.423 e. The first-order valence-electron chi connectivity index (χ1n) is 7.68. The average molecular weight is 336 g/mol. The van der Waals surface area contributed by atoms with E-state index in [1.54, 1.807) is 12.1 Å². The number of nitro benzene ring substituents is 1. The fourth-order valence-electron chi connectivity index (χ4n) is 2.65. The van der Waals surface area contributed by atoms with Crippen molar-refractivity contribution in [1.82, 2.24) is 4.57 Å². The highest BCUT2D eigenvalue weighted by atomic mass is 16.6. The van der Waals surface area contributed by atoms with Gasteiger partial charge in [-0.25, -0.2) is 4.79 Å². The monoisotopic (exact) mass is 336 g/mol. The second-order valence-corrected chi connectivity index (χ2v) is 5.64. The first-order chi connectivity index (χ1) is 12.0. The highest BCUT2D eigenvalue weighted by molar-refractivity contribution is 5.91. The van der Waals surface area contributed by atoms with Gasteiger partial charge < -0.3 is 9.30 Å². The minimum absolute atomic E-state index is 0.135. The fraction of sp³-hybridized carbons (Fsp3) is 0.105. The number of benzene rings is 2. The molecule has 3 aromatic rings. The predicted octanol–water partition coefficient (Wildman–Crippen LogP) is 4.22. The van der Waals surface area contributed by atoms with Gasteiger partial charge in [-0.15, -0.1) is 0 Å². The molecule has 0 fully saturated rings. The number of carbonyl (C=O) groups is 1. The number of esters is 1. The average Bonchev–Trinajstić information content (AvgIpc) is 2.94. The van der Waals surface area contributed by atoms with Crippen molar-refractivity contribution in [2.45, 2.75) is 13.8 Å². The Morgan fingerprint density at radius 1 is 1.00 bits per heavy atom. The van der Waals surface area contributed by atoms with Crippen molar-refractivity contribution in [3.63, 3.8) is 0 Å². The number of aromatic nitrogens is 1. The van der Waals surface area contributed by atoms with Crippen LogP contribution in [0, 0.1) is 24.0 Å². The van der Waals surface area contributed by atoms with E-state index in [2.05, 4.69) is 4.57 Å². The number of nitro groups is 1. The molecule has 6 heteroatoms. The molecule has 0 saturated heterocycles. The van der Waals surface area contributed by atoms with E-state index >= 15 is 0 Å². The van der Waals surface area contributed by atoms with Crippen molar-refractivity contribution in [1.29, 1.82) is 0 Å². The van der Waals surface area contributed by atoms with Gasteiger partial charge in [-0.2, -0.15) is 0 Å². The molecule has 0 saturated carbocycles. The smallest absolute Gasteiger partial charge is 0.343 e. The molecular weight excluding hydrogens is 320 g/mol. The number of ether oxygens (including phenoxy) is 1. The predicted molar refractivity (Wildman–Crippen MR) is 93.3 cm³/mol. The molecule has 2 aromatic carbocycles. The highest BCUT2D eigenvalue weighted by Crippen LogP contribution is 2.21. The highest BCUT2D eigenvalue weighted by Gasteiger charge is 2.13. The van der Waals surface area contributed by atoms with Crippen molar-refractivity contribution in [2.24, 2.45) is 0 Å². The van der Waals surface area contributed by atoms with Gasteiger partial charge in [-0.05, 0) is 56.3 Å². The van der Waals surface area contributed by atoms with Gasteiger partial charge in [-0.1, -0.05) is 6.07 Å². The number of non-ortho nitro benzene ring substituents is 1. The van der Waals surface area contributed by atoms with Crippen LogP contribution in [0.25, 0.3) is 5.69 Å². The molecule has 0 spiro atoms. The lowest BCUT2D eigenvalue weighted by Crippen LogP contribution is -2.09. The van der Waals surface area contributed by atoms with E-state index in [0.717, 1.165) is 17.1 Å². The summed E-state index contributed by atoms with van der Waals surface area (Å²) in [6.45, 7) is 4.03. The molecule has 0 atom stereocenters. The molecule has 0 aliphatic rings. The lowest BCUT2D eigenvalue weighted by Gasteiger charge is -2.10. The summed E-state index contributed by atoms with van der Waals surface area (Å²) in [5.41, 5.74) is 3.17. The van der Waals surface area contributed by atoms with Crippen molar-refractivity contribution in [2.75, 3.05) is 0 Å². The van der Waals surface area contributed by atoms with Gasteiger partial charge in [0.2, 0.25) is 0 Å². The maximum atomic E-state index is 12.2. The van der Waals surface area contributed by atoms with E-state index in [1.807, 2.05) is 38.1 Å². The van der Waals surface area contributed by atoms with Crippen molar-refractivity contribution in [3.8, 4) is 11.4 Å². The van der Waals surface area contributed by atoms with Crippen LogP contribution in [0.15, 0.2) is 60.7 Å². The van der Waals surface area contributed by atoms with Crippen molar-refractivity contribution < 1.29 is 14.5 Å². The number of rotatable bonds is 4. The Kier molecular flexibility index (Phi) is 4.35. The topological polar surface area (TPSA) is 74.4 Å². The Balaban J connectivity index is 1.79. The molecule has 0 bridgehead atoms. The third kappa shape index (κ3) is 3.42. The third-order valence-corrected chi connectivity index (χ3v) is 3.87. The van der Waals surface area contributed by atoms with E-state index in [0.29, 0.717) is 5.75 Å². The van der Waals surface area contributed by atoms with Crippen LogP contribution >= 0.6 is 0 Å². The molecule has 0 aliphatic heterocycles. The molecule has 0 unspecified atom stereocenters. The number of hydrogen-bond acceptors (Lipinski definition) is 4. The molecule has 0 radical (unpaired) electrons. The summed E-state index contributed by atoms with van der Waals surface area (Å²) in [4.78, 5) is 22.4. The summed E-state index contributed by atoms with van der Waals surface area (Å²) in [6, 6.07) is 16.6. The van der Waals surface area contributed by atoms with Crippen LogP contribution in [0.4, 0.5) is 5.69 Å². The van der Waals surface area contributed by atoms with Crippen LogP contribution in [-0.4, -0.2) is 15.5 Å². The minimum atomic E-state index is -0.634. The van der Waals surface area contributed by atoms with Crippen LogP contribution in [-0.2, 0) is 0 Å². The van der Waals surface area contributed by atoms with E-state index in [-0.39, 0.29) is 11.3 Å². The minimum Gasteiger partial charge on any atom is -0.423 e. The molecule has 6 nitrogen and oxygen atoms in total. The van der Waals surface area contributed by atoms with Gasteiger partial charge in [0.25, 0.3) is 5.69 Å².